The van der Waals surface area contributed by atoms with E-state index in [0.29, 0.717) is 33.3 Å². The first-order chi connectivity index (χ1) is 22.8. The minimum Gasteiger partial charge on any atom is -0.316 e. The maximum absolute atomic E-state index is 9.09. The molecule has 0 saturated carbocycles. The summed E-state index contributed by atoms with van der Waals surface area (Å²) in [4.78, 5) is 1.79. The van der Waals surface area contributed by atoms with Crippen LogP contribution in [0.1, 0.15) is 66.4 Å². The highest BCUT2D eigenvalue weighted by Gasteiger charge is 2.21. The largest absolute Gasteiger partial charge is 0.316 e. The highest BCUT2D eigenvalue weighted by Crippen LogP contribution is 2.36. The number of benzene rings is 4. The maximum Gasteiger partial charge on any atom is 0.0826 e. The molecule has 0 aliphatic rings. The van der Waals surface area contributed by atoms with E-state index in [4.69, 9.17) is 13.7 Å². The van der Waals surface area contributed by atoms with Gasteiger partial charge in [-0.15, -0.1) is 0 Å². The van der Waals surface area contributed by atoms with Crippen LogP contribution in [0.3, 0.4) is 0 Å². The molecule has 0 aliphatic heterocycles. The maximum atomic E-state index is 9.09. The molecule has 0 bridgehead atoms. The summed E-state index contributed by atoms with van der Waals surface area (Å²) in [7, 11) is 0. The molecule has 4 aromatic carbocycles. The van der Waals surface area contributed by atoms with Gasteiger partial charge >= 0.3 is 0 Å². The molecular weight excluding hydrogens is 492 g/mol. The lowest BCUT2D eigenvalue weighted by atomic mass is 9.87. The number of hydrogen-bond donors (Lipinski definition) is 0. The van der Waals surface area contributed by atoms with Gasteiger partial charge in [-0.2, -0.15) is 0 Å². The van der Waals surface area contributed by atoms with Crippen molar-refractivity contribution in [3.63, 3.8) is 0 Å². The van der Waals surface area contributed by atoms with E-state index < -0.39 is 10.8 Å². The van der Waals surface area contributed by atoms with E-state index in [1.165, 1.54) is 11.8 Å². The molecular formula is C36H36N2S. The molecule has 2 aromatic heterocycles. The van der Waals surface area contributed by atoms with Crippen molar-refractivity contribution in [1.82, 2.24) is 9.13 Å². The predicted octanol–water partition coefficient (Wildman–Crippen LogP) is 10.3. The number of aromatic nitrogens is 2. The van der Waals surface area contributed by atoms with Crippen molar-refractivity contribution in [2.75, 3.05) is 0 Å². The van der Waals surface area contributed by atoms with Gasteiger partial charge in [0, 0.05) is 44.3 Å². The molecule has 6 aromatic rings. The molecule has 2 nitrogen and oxygen atoms in total. The van der Waals surface area contributed by atoms with Crippen LogP contribution in [0.4, 0.5) is 0 Å². The first-order valence-corrected chi connectivity index (χ1v) is 13.7. The fraction of sp³-hybridized carbons (Fsp3) is 0.222. The zero-order valence-corrected chi connectivity index (χ0v) is 23.7. The Morgan fingerprint density at radius 2 is 0.897 bits per heavy atom. The SMILES string of the molecule is [2H]c1c([2H])c([2H])c2c(c1[2H])c(C(C)(C)C)c([2H])n2-c1ccc(Sc2ccc(-n3c([2H])c(C(C)(C)C)c4c([2H])c([2H])c([2H])c([2H])c43)cc2)cc1. The summed E-state index contributed by atoms with van der Waals surface area (Å²) in [5.74, 6) is 0. The zero-order chi connectivity index (χ0) is 36.1. The molecule has 0 N–H and O–H groups in total. The monoisotopic (exact) mass is 538 g/mol. The topological polar surface area (TPSA) is 9.86 Å². The Balaban J connectivity index is 1.38. The summed E-state index contributed by atoms with van der Waals surface area (Å²) in [6.07, 6.45) is 0.243. The van der Waals surface area contributed by atoms with Gasteiger partial charge in [0.2, 0.25) is 0 Å². The number of fused-ring (bicyclic) bond motifs is 2. The van der Waals surface area contributed by atoms with Gasteiger partial charge in [0.15, 0.2) is 0 Å². The number of para-hydroxylation sites is 2. The molecule has 3 heteroatoms. The van der Waals surface area contributed by atoms with Gasteiger partial charge in [0.05, 0.1) is 24.7 Å². The van der Waals surface area contributed by atoms with Crippen LogP contribution in [0.15, 0.2) is 119 Å². The third-order valence-corrected chi connectivity index (χ3v) is 7.67. The van der Waals surface area contributed by atoms with E-state index in [1.807, 2.05) is 90.1 Å². The Morgan fingerprint density at radius 1 is 0.538 bits per heavy atom. The van der Waals surface area contributed by atoms with Crippen LogP contribution in [0, 0.1) is 0 Å². The molecule has 0 saturated heterocycles. The second-order valence-corrected chi connectivity index (χ2v) is 12.8. The van der Waals surface area contributed by atoms with Crippen molar-refractivity contribution in [3.8, 4) is 11.4 Å². The summed E-state index contributed by atoms with van der Waals surface area (Å²) < 4.78 is 89.1. The minimum absolute atomic E-state index is 0.122. The average molecular weight is 539 g/mol. The van der Waals surface area contributed by atoms with Gasteiger partial charge in [0.1, 0.15) is 0 Å². The fourth-order valence-electron chi connectivity index (χ4n) is 4.69. The standard InChI is InChI=1S/C36H36N2S/c1-35(2,3)31-23-37(33-13-9-7-11-29(31)33)25-15-19-27(20-16-25)39-28-21-17-26(18-22-28)38-24-32(36(4,5)6)30-12-8-10-14-34(30)38/h7-24H,1-6H3/i7D,8D,9D,10D,11D,12D,13D,14D,23D,24D. The third-order valence-electron chi connectivity index (χ3n) is 6.66. The van der Waals surface area contributed by atoms with Crippen LogP contribution in [-0.2, 0) is 10.8 Å². The Bertz CT molecular complexity index is 2140. The van der Waals surface area contributed by atoms with E-state index in [9.17, 15) is 0 Å². The second kappa shape index (κ2) is 9.50. The summed E-state index contributed by atoms with van der Waals surface area (Å²) in [5, 5.41) is 0.720. The van der Waals surface area contributed by atoms with Gasteiger partial charge in [-0.25, -0.2) is 0 Å². The molecule has 0 fully saturated rings. The Hall–Kier alpha value is -3.69. The quantitative estimate of drug-likeness (QED) is 0.217. The lowest BCUT2D eigenvalue weighted by Crippen LogP contribution is -2.10. The summed E-state index contributed by atoms with van der Waals surface area (Å²) in [6.45, 7) is 11.6. The number of nitrogens with zero attached hydrogens (tertiary/aromatic N) is 2. The smallest absolute Gasteiger partial charge is 0.0826 e. The molecule has 0 atom stereocenters. The second-order valence-electron chi connectivity index (χ2n) is 11.7. The van der Waals surface area contributed by atoms with Gasteiger partial charge in [-0.1, -0.05) is 89.6 Å². The van der Waals surface area contributed by atoms with Crippen molar-refractivity contribution in [2.24, 2.45) is 0 Å². The number of hydrogen-bond acceptors (Lipinski definition) is 1. The third kappa shape index (κ3) is 4.81. The molecule has 0 amide bonds. The van der Waals surface area contributed by atoms with Crippen molar-refractivity contribution >= 4 is 33.6 Å². The Morgan fingerprint density at radius 3 is 1.26 bits per heavy atom. The van der Waals surface area contributed by atoms with Gasteiger partial charge in [-0.05, 0) is 82.6 Å². The van der Waals surface area contributed by atoms with Gasteiger partial charge in [-0.3, -0.25) is 0 Å². The van der Waals surface area contributed by atoms with Crippen molar-refractivity contribution in [2.45, 2.75) is 62.2 Å². The van der Waals surface area contributed by atoms with Crippen LogP contribution >= 0.6 is 11.8 Å². The first kappa shape index (κ1) is 16.4. The predicted molar refractivity (Wildman–Crippen MR) is 168 cm³/mol. The van der Waals surface area contributed by atoms with E-state index in [1.54, 1.807) is 9.13 Å². The van der Waals surface area contributed by atoms with Crippen molar-refractivity contribution in [1.29, 1.82) is 0 Å². The van der Waals surface area contributed by atoms with E-state index in [-0.39, 0.29) is 71.7 Å². The Kier molecular flexibility index (Phi) is 4.00. The summed E-state index contributed by atoms with van der Waals surface area (Å²) in [6, 6.07) is 12.9. The highest BCUT2D eigenvalue weighted by atomic mass is 32.2. The molecule has 0 aliphatic carbocycles. The molecule has 39 heavy (non-hydrogen) atoms. The van der Waals surface area contributed by atoms with Crippen molar-refractivity contribution < 1.29 is 13.7 Å². The average Bonchev–Trinajstić information content (AvgIpc) is 3.53. The Labute approximate surface area is 250 Å². The van der Waals surface area contributed by atoms with Crippen LogP contribution in [-0.4, -0.2) is 9.13 Å². The highest BCUT2D eigenvalue weighted by molar-refractivity contribution is 7.99. The van der Waals surface area contributed by atoms with E-state index in [0.717, 1.165) is 9.79 Å². The molecule has 6 rings (SSSR count). The van der Waals surface area contributed by atoms with Crippen LogP contribution in [0.5, 0.6) is 0 Å². The molecule has 0 unspecified atom stereocenters. The van der Waals surface area contributed by atoms with Gasteiger partial charge < -0.3 is 9.13 Å². The first-order valence-electron chi connectivity index (χ1n) is 17.9. The fourth-order valence-corrected chi connectivity index (χ4v) is 5.51. The molecule has 196 valence electrons. The van der Waals surface area contributed by atoms with E-state index >= 15 is 0 Å². The van der Waals surface area contributed by atoms with Crippen LogP contribution in [0.2, 0.25) is 0 Å². The van der Waals surface area contributed by atoms with E-state index in [2.05, 4.69) is 0 Å². The normalized spacial score (nSPS) is 16.1. The van der Waals surface area contributed by atoms with Gasteiger partial charge in [0.25, 0.3) is 0 Å². The molecule has 0 spiro atoms. The summed E-state index contributed by atoms with van der Waals surface area (Å²) >= 11 is 1.49. The number of rotatable bonds is 4. The van der Waals surface area contributed by atoms with Crippen LogP contribution < -0.4 is 0 Å². The van der Waals surface area contributed by atoms with Crippen LogP contribution in [0.25, 0.3) is 33.2 Å². The minimum atomic E-state index is -0.539. The van der Waals surface area contributed by atoms with Crippen molar-refractivity contribution in [3.05, 3.63) is 120 Å². The zero-order valence-electron chi connectivity index (χ0n) is 32.9. The lowest BCUT2D eigenvalue weighted by Gasteiger charge is -2.17. The lowest BCUT2D eigenvalue weighted by molar-refractivity contribution is 0.594. The molecule has 2 heterocycles. The molecule has 0 radical (unpaired) electrons. The summed E-state index contributed by atoms with van der Waals surface area (Å²) in [5.41, 5.74) is 1.82.